The predicted molar refractivity (Wildman–Crippen MR) is 74.8 cm³/mol. The molecule has 0 aromatic rings. The largest absolute Gasteiger partial charge is 0.622 e. The lowest BCUT2D eigenvalue weighted by Gasteiger charge is -2.35. The van der Waals surface area contributed by atoms with Gasteiger partial charge in [0.25, 0.3) is 5.66 Å². The van der Waals surface area contributed by atoms with Gasteiger partial charge in [-0.15, -0.1) is 0 Å². The van der Waals surface area contributed by atoms with Crippen molar-refractivity contribution in [1.29, 1.82) is 0 Å². The van der Waals surface area contributed by atoms with Crippen molar-refractivity contribution in [3.63, 3.8) is 0 Å². The Morgan fingerprint density at radius 3 is 2.80 bits per heavy atom. The number of hydrogen-bond donors (Lipinski definition) is 1. The summed E-state index contributed by atoms with van der Waals surface area (Å²) in [6, 6.07) is 0.0439. The fraction of sp³-hybridized carbons (Fsp3) is 0.769. The number of hydrogen-bond acceptors (Lipinski definition) is 6. The van der Waals surface area contributed by atoms with E-state index in [2.05, 4.69) is 15.0 Å². The maximum Gasteiger partial charge on any atom is 0.260 e. The van der Waals surface area contributed by atoms with Gasteiger partial charge in [0, 0.05) is 26.9 Å². The lowest BCUT2D eigenvalue weighted by molar-refractivity contribution is -0.534. The Hall–Kier alpha value is -1.47. The summed E-state index contributed by atoms with van der Waals surface area (Å²) in [4.78, 5) is 6.74. The van der Waals surface area contributed by atoms with Gasteiger partial charge in [-0.3, -0.25) is 4.90 Å². The normalized spacial score (nSPS) is 32.4. The molecule has 7 nitrogen and oxygen atoms in total. The highest BCUT2D eigenvalue weighted by Gasteiger charge is 2.48. The summed E-state index contributed by atoms with van der Waals surface area (Å²) in [6.07, 6.45) is 1.42. The summed E-state index contributed by atoms with van der Waals surface area (Å²) in [5.74, 6) is 0. The van der Waals surface area contributed by atoms with Crippen molar-refractivity contribution in [2.24, 2.45) is 10.1 Å². The highest BCUT2D eigenvalue weighted by Crippen LogP contribution is 2.27. The zero-order valence-corrected chi connectivity index (χ0v) is 11.9. The van der Waals surface area contributed by atoms with Crippen LogP contribution in [0.5, 0.6) is 0 Å². The number of nitrogens with zero attached hydrogens (tertiary/aromatic N) is 4. The molecule has 20 heavy (non-hydrogen) atoms. The number of oxime groups is 1. The number of fused-ring (bicyclic) bond motifs is 1. The van der Waals surface area contributed by atoms with Crippen LogP contribution in [0.2, 0.25) is 0 Å². The molecule has 0 aromatic heterocycles. The Labute approximate surface area is 117 Å². The molecule has 1 saturated carbocycles. The molecule has 7 heteroatoms. The van der Waals surface area contributed by atoms with E-state index in [1.54, 1.807) is 13.8 Å². The maximum atomic E-state index is 12.5. The van der Waals surface area contributed by atoms with E-state index < -0.39 is 5.66 Å². The number of rotatable bonds is 1. The second kappa shape index (κ2) is 4.82. The van der Waals surface area contributed by atoms with Crippen LogP contribution in [-0.2, 0) is 4.74 Å². The van der Waals surface area contributed by atoms with Gasteiger partial charge in [-0.1, -0.05) is 5.16 Å². The number of ether oxygens (including phenoxy) is 1. The lowest BCUT2D eigenvalue weighted by Crippen LogP contribution is -2.54. The first-order valence-corrected chi connectivity index (χ1v) is 7.02. The second-order valence-electron chi connectivity index (χ2n) is 5.88. The molecule has 0 bridgehead atoms. The number of morpholine rings is 1. The summed E-state index contributed by atoms with van der Waals surface area (Å²) >= 11 is 0. The first kappa shape index (κ1) is 13.5. The average Bonchev–Trinajstić information content (AvgIpc) is 2.70. The third-order valence-electron chi connectivity index (χ3n) is 4.19. The van der Waals surface area contributed by atoms with Crippen LogP contribution in [0.15, 0.2) is 10.1 Å². The Morgan fingerprint density at radius 1 is 1.45 bits per heavy atom. The van der Waals surface area contributed by atoms with Crippen LogP contribution in [0.1, 0.15) is 26.7 Å². The van der Waals surface area contributed by atoms with E-state index in [1.165, 1.54) is 0 Å². The summed E-state index contributed by atoms with van der Waals surface area (Å²) in [7, 11) is 0. The van der Waals surface area contributed by atoms with Crippen molar-refractivity contribution in [2.45, 2.75) is 38.4 Å². The standard InChI is InChI=1S/C13H20N4O3/c1-13(2)14-11-9(15-18)3-4-10(12(11)17(13)19)16-5-7-20-8-6-16/h10,18H,3-8H2,1-2H3/b15-9+. The second-order valence-corrected chi connectivity index (χ2v) is 5.88. The number of hydroxylamine groups is 1. The molecule has 0 spiro atoms. The van der Waals surface area contributed by atoms with Crippen molar-refractivity contribution in [3.05, 3.63) is 5.21 Å². The van der Waals surface area contributed by atoms with Gasteiger partial charge < -0.3 is 15.2 Å². The monoisotopic (exact) mass is 280 g/mol. The maximum absolute atomic E-state index is 12.5. The van der Waals surface area contributed by atoms with E-state index in [4.69, 9.17) is 9.94 Å². The molecule has 2 heterocycles. The molecule has 1 unspecified atom stereocenters. The topological polar surface area (TPSA) is 83.5 Å². The first-order chi connectivity index (χ1) is 9.54. The Balaban J connectivity index is 1.99. The fourth-order valence-corrected chi connectivity index (χ4v) is 3.14. The quantitative estimate of drug-likeness (QED) is 0.327. The Bertz CT molecular complexity index is 504. The van der Waals surface area contributed by atoms with E-state index >= 15 is 0 Å². The van der Waals surface area contributed by atoms with Crippen LogP contribution in [0.3, 0.4) is 0 Å². The zero-order chi connectivity index (χ0) is 14.3. The van der Waals surface area contributed by atoms with Crippen LogP contribution < -0.4 is 0 Å². The van der Waals surface area contributed by atoms with E-state index in [-0.39, 0.29) is 6.04 Å². The molecule has 1 saturated heterocycles. The van der Waals surface area contributed by atoms with Gasteiger partial charge in [-0.05, 0) is 12.8 Å². The molecular weight excluding hydrogens is 260 g/mol. The van der Waals surface area contributed by atoms with Gasteiger partial charge in [0.15, 0.2) is 5.71 Å². The smallest absolute Gasteiger partial charge is 0.260 e. The molecule has 1 aliphatic carbocycles. The summed E-state index contributed by atoms with van der Waals surface area (Å²) in [5, 5.41) is 25.0. The molecule has 3 aliphatic rings. The van der Waals surface area contributed by atoms with Crippen LogP contribution in [0.4, 0.5) is 0 Å². The average molecular weight is 280 g/mol. The van der Waals surface area contributed by atoms with Gasteiger partial charge >= 0.3 is 0 Å². The Morgan fingerprint density at radius 2 is 2.15 bits per heavy atom. The third kappa shape index (κ3) is 2.01. The minimum atomic E-state index is -0.824. The van der Waals surface area contributed by atoms with Gasteiger partial charge in [0.05, 0.1) is 19.3 Å². The molecule has 3 rings (SSSR count). The highest BCUT2D eigenvalue weighted by molar-refractivity contribution is 6.69. The van der Waals surface area contributed by atoms with Crippen molar-refractivity contribution in [2.75, 3.05) is 26.3 Å². The minimum Gasteiger partial charge on any atom is -0.622 e. The molecule has 1 atom stereocenters. The molecule has 0 radical (unpaired) electrons. The van der Waals surface area contributed by atoms with Crippen molar-refractivity contribution in [3.8, 4) is 0 Å². The van der Waals surface area contributed by atoms with Crippen LogP contribution in [-0.4, -0.2) is 70.0 Å². The third-order valence-corrected chi connectivity index (χ3v) is 4.19. The molecule has 1 N–H and O–H groups in total. The van der Waals surface area contributed by atoms with Crippen molar-refractivity contribution >= 4 is 17.1 Å². The summed E-state index contributed by atoms with van der Waals surface area (Å²) in [6.45, 7) is 6.59. The highest BCUT2D eigenvalue weighted by atomic mass is 16.5. The first-order valence-electron chi connectivity index (χ1n) is 7.02. The minimum absolute atomic E-state index is 0.0439. The molecule has 2 aliphatic heterocycles. The van der Waals surface area contributed by atoms with Crippen LogP contribution >= 0.6 is 0 Å². The molecule has 0 aromatic carbocycles. The van der Waals surface area contributed by atoms with E-state index in [1.807, 2.05) is 0 Å². The van der Waals surface area contributed by atoms with Gasteiger partial charge in [0.1, 0.15) is 5.71 Å². The van der Waals surface area contributed by atoms with E-state index in [0.29, 0.717) is 36.8 Å². The number of aliphatic imine (C=N–C) groups is 1. The Kier molecular flexibility index (Phi) is 3.25. The molecule has 0 amide bonds. The van der Waals surface area contributed by atoms with Gasteiger partial charge in [0.2, 0.25) is 5.71 Å². The van der Waals surface area contributed by atoms with Crippen molar-refractivity contribution < 1.29 is 14.7 Å². The molecular formula is C13H20N4O3. The lowest BCUT2D eigenvalue weighted by atomic mass is 9.88. The van der Waals surface area contributed by atoms with E-state index in [9.17, 15) is 5.21 Å². The molecule has 110 valence electrons. The van der Waals surface area contributed by atoms with Crippen LogP contribution in [0, 0.1) is 5.21 Å². The van der Waals surface area contributed by atoms with Crippen molar-refractivity contribution in [1.82, 2.24) is 4.90 Å². The van der Waals surface area contributed by atoms with E-state index in [0.717, 1.165) is 24.2 Å². The molecule has 2 fully saturated rings. The summed E-state index contributed by atoms with van der Waals surface area (Å²) in [5.41, 5.74) is 0.928. The van der Waals surface area contributed by atoms with Gasteiger partial charge in [-0.25, -0.2) is 4.99 Å². The fourth-order valence-electron chi connectivity index (χ4n) is 3.14. The van der Waals surface area contributed by atoms with Crippen LogP contribution in [0.25, 0.3) is 0 Å². The zero-order valence-electron chi connectivity index (χ0n) is 11.9. The SMILES string of the molecule is CC1(C)N=C2C(=[N+]1[O-])C(N1CCOCC1)CC/C2=N\O. The van der Waals surface area contributed by atoms with Gasteiger partial charge in [-0.2, -0.15) is 4.74 Å². The summed E-state index contributed by atoms with van der Waals surface area (Å²) < 4.78 is 6.35. The predicted octanol–water partition coefficient (Wildman–Crippen LogP) is 0.453.